The average Bonchev–Trinajstić information content (AvgIpc) is 3.14. The molecule has 3 aromatic rings. The molecule has 0 saturated carbocycles. The van der Waals surface area contributed by atoms with Crippen molar-refractivity contribution in [3.63, 3.8) is 0 Å². The van der Waals surface area contributed by atoms with Gasteiger partial charge in [-0.05, 0) is 65.4 Å². The second kappa shape index (κ2) is 10.5. The first kappa shape index (κ1) is 26.7. The van der Waals surface area contributed by atoms with Gasteiger partial charge in [-0.3, -0.25) is 19.3 Å². The molecule has 196 valence electrons. The van der Waals surface area contributed by atoms with Gasteiger partial charge in [0.25, 0.3) is 11.7 Å². The first-order valence-electron chi connectivity index (χ1n) is 12.5. The van der Waals surface area contributed by atoms with Gasteiger partial charge in [0.2, 0.25) is 0 Å². The van der Waals surface area contributed by atoms with Crippen LogP contribution < -0.4 is 9.64 Å². The zero-order chi connectivity index (χ0) is 27.6. The van der Waals surface area contributed by atoms with Gasteiger partial charge < -0.3 is 14.9 Å². The van der Waals surface area contributed by atoms with Crippen LogP contribution in [0.5, 0.6) is 5.75 Å². The number of hydrogen-bond acceptors (Lipinski definition) is 5. The molecular weight excluding hydrogens is 482 g/mol. The number of carboxylic acids is 1. The number of ether oxygens (including phenoxy) is 1. The lowest BCUT2D eigenvalue weighted by Crippen LogP contribution is -2.29. The van der Waals surface area contributed by atoms with E-state index >= 15 is 0 Å². The number of carboxylic acid groups (broad SMARTS) is 1. The number of rotatable bonds is 7. The van der Waals surface area contributed by atoms with Crippen molar-refractivity contribution in [3.05, 3.63) is 101 Å². The number of anilines is 1. The van der Waals surface area contributed by atoms with Crippen molar-refractivity contribution in [3.8, 4) is 5.75 Å². The number of Topliss-reactive ketones (excluding diaryl/α,β-unsaturated/α-hetero) is 1. The van der Waals surface area contributed by atoms with Crippen LogP contribution in [0.15, 0.2) is 78.4 Å². The molecule has 0 radical (unpaired) electrons. The number of amides is 1. The molecule has 3 aromatic carbocycles. The minimum absolute atomic E-state index is 0.0164. The van der Waals surface area contributed by atoms with Crippen LogP contribution in [0.1, 0.15) is 56.0 Å². The molecule has 1 atom stereocenters. The Bertz CT molecular complexity index is 1380. The number of ketones is 1. The summed E-state index contributed by atoms with van der Waals surface area (Å²) in [6.07, 6.45) is -0.158. The summed E-state index contributed by atoms with van der Waals surface area (Å²) >= 11 is 0. The Morgan fingerprint density at radius 2 is 1.50 bits per heavy atom. The van der Waals surface area contributed by atoms with Gasteiger partial charge in [-0.2, -0.15) is 0 Å². The first-order valence-corrected chi connectivity index (χ1v) is 12.5. The molecule has 0 aromatic heterocycles. The van der Waals surface area contributed by atoms with Crippen molar-refractivity contribution in [2.75, 3.05) is 11.5 Å². The molecule has 1 aliphatic rings. The van der Waals surface area contributed by atoms with Crippen molar-refractivity contribution >= 4 is 29.1 Å². The molecule has 0 aliphatic carbocycles. The van der Waals surface area contributed by atoms with Gasteiger partial charge in [-0.1, -0.05) is 57.2 Å². The summed E-state index contributed by atoms with van der Waals surface area (Å²) in [6.45, 7) is 8.65. The molecule has 1 aliphatic heterocycles. The third kappa shape index (κ3) is 5.32. The molecule has 1 amide bonds. The van der Waals surface area contributed by atoms with E-state index in [2.05, 4.69) is 20.8 Å². The minimum Gasteiger partial charge on any atom is -0.507 e. The van der Waals surface area contributed by atoms with Crippen molar-refractivity contribution < 1.29 is 29.3 Å². The number of nitrogens with zero attached hydrogens (tertiary/aromatic N) is 1. The number of aliphatic hydroxyl groups excluding tert-OH is 1. The molecule has 1 fully saturated rings. The summed E-state index contributed by atoms with van der Waals surface area (Å²) in [5.41, 5.74) is 3.02. The monoisotopic (exact) mass is 513 g/mol. The van der Waals surface area contributed by atoms with Gasteiger partial charge in [0.1, 0.15) is 11.5 Å². The zero-order valence-corrected chi connectivity index (χ0v) is 21.9. The van der Waals surface area contributed by atoms with Crippen LogP contribution in [0, 0.1) is 0 Å². The lowest BCUT2D eigenvalue weighted by Gasteiger charge is -2.26. The van der Waals surface area contributed by atoms with Crippen molar-refractivity contribution in [1.82, 2.24) is 0 Å². The Kier molecular flexibility index (Phi) is 7.39. The van der Waals surface area contributed by atoms with Crippen LogP contribution in [0.4, 0.5) is 5.69 Å². The number of carbonyl (C=O) groups excluding carboxylic acids is 2. The van der Waals surface area contributed by atoms with Gasteiger partial charge in [0, 0.05) is 11.3 Å². The Morgan fingerprint density at radius 1 is 0.895 bits per heavy atom. The predicted octanol–water partition coefficient (Wildman–Crippen LogP) is 5.64. The van der Waals surface area contributed by atoms with Crippen LogP contribution in [-0.2, 0) is 26.2 Å². The van der Waals surface area contributed by atoms with Crippen LogP contribution in [0.2, 0.25) is 0 Å². The van der Waals surface area contributed by atoms with E-state index < -0.39 is 23.7 Å². The Morgan fingerprint density at radius 3 is 2.03 bits per heavy atom. The smallest absolute Gasteiger partial charge is 0.307 e. The first-order chi connectivity index (χ1) is 18.0. The SMILES string of the molecule is CCOc1ccc(/C(O)=C2/C(=O)C(=O)N(c3ccc(CC(=O)O)cc3)C2c2ccc(C(C)(C)C)cc2)cc1. The van der Waals surface area contributed by atoms with Crippen LogP contribution in [-0.4, -0.2) is 34.5 Å². The lowest BCUT2D eigenvalue weighted by atomic mass is 9.85. The molecule has 0 bridgehead atoms. The van der Waals surface area contributed by atoms with Crippen LogP contribution in [0.25, 0.3) is 5.76 Å². The van der Waals surface area contributed by atoms with E-state index in [1.54, 1.807) is 48.5 Å². The zero-order valence-electron chi connectivity index (χ0n) is 21.9. The summed E-state index contributed by atoms with van der Waals surface area (Å²) in [7, 11) is 0. The number of aliphatic hydroxyl groups is 1. The molecule has 38 heavy (non-hydrogen) atoms. The summed E-state index contributed by atoms with van der Waals surface area (Å²) < 4.78 is 5.48. The van der Waals surface area contributed by atoms with Gasteiger partial charge in [0.05, 0.1) is 24.6 Å². The lowest BCUT2D eigenvalue weighted by molar-refractivity contribution is -0.136. The van der Waals surface area contributed by atoms with Gasteiger partial charge in [-0.25, -0.2) is 0 Å². The summed E-state index contributed by atoms with van der Waals surface area (Å²) in [6, 6.07) is 20.0. The third-order valence-electron chi connectivity index (χ3n) is 6.55. The predicted molar refractivity (Wildman–Crippen MR) is 145 cm³/mol. The van der Waals surface area contributed by atoms with Gasteiger partial charge in [-0.15, -0.1) is 0 Å². The second-order valence-corrected chi connectivity index (χ2v) is 10.2. The summed E-state index contributed by atoms with van der Waals surface area (Å²) in [5.74, 6) is -2.18. The van der Waals surface area contributed by atoms with Gasteiger partial charge >= 0.3 is 5.97 Å². The molecular formula is C31H31NO6. The summed E-state index contributed by atoms with van der Waals surface area (Å²) in [5, 5.41) is 20.4. The van der Waals surface area contributed by atoms with Gasteiger partial charge in [0.15, 0.2) is 0 Å². The van der Waals surface area contributed by atoms with E-state index in [1.165, 1.54) is 4.90 Å². The van der Waals surface area contributed by atoms with Crippen molar-refractivity contribution in [1.29, 1.82) is 0 Å². The number of hydrogen-bond donors (Lipinski definition) is 2. The van der Waals surface area contributed by atoms with E-state index in [4.69, 9.17) is 9.84 Å². The number of aliphatic carboxylic acids is 1. The van der Waals surface area contributed by atoms with Crippen molar-refractivity contribution in [2.45, 2.75) is 45.6 Å². The van der Waals surface area contributed by atoms with Crippen LogP contribution in [0.3, 0.4) is 0 Å². The van der Waals surface area contributed by atoms with Crippen molar-refractivity contribution in [2.24, 2.45) is 0 Å². The van der Waals surface area contributed by atoms with E-state index in [9.17, 15) is 19.5 Å². The highest BCUT2D eigenvalue weighted by Crippen LogP contribution is 2.42. The quantitative estimate of drug-likeness (QED) is 0.241. The molecule has 7 heteroatoms. The molecule has 2 N–H and O–H groups in total. The third-order valence-corrected chi connectivity index (χ3v) is 6.55. The van der Waals surface area contributed by atoms with E-state index in [0.29, 0.717) is 34.7 Å². The summed E-state index contributed by atoms with van der Waals surface area (Å²) in [4.78, 5) is 39.2. The maximum Gasteiger partial charge on any atom is 0.307 e. The maximum absolute atomic E-state index is 13.4. The molecule has 1 saturated heterocycles. The highest BCUT2D eigenvalue weighted by atomic mass is 16.5. The Balaban J connectivity index is 1.85. The van der Waals surface area contributed by atoms with E-state index in [0.717, 1.165) is 5.56 Å². The molecule has 1 heterocycles. The van der Waals surface area contributed by atoms with Crippen LogP contribution >= 0.6 is 0 Å². The Labute approximate surface area is 222 Å². The highest BCUT2D eigenvalue weighted by molar-refractivity contribution is 6.51. The molecule has 1 unspecified atom stereocenters. The largest absolute Gasteiger partial charge is 0.507 e. The molecule has 0 spiro atoms. The second-order valence-electron chi connectivity index (χ2n) is 10.2. The maximum atomic E-state index is 13.4. The number of benzene rings is 3. The number of carbonyl (C=O) groups is 3. The minimum atomic E-state index is -0.965. The highest BCUT2D eigenvalue weighted by Gasteiger charge is 2.47. The normalized spacial score (nSPS) is 17.1. The fourth-order valence-corrected chi connectivity index (χ4v) is 4.56. The fraction of sp³-hybridized carbons (Fsp3) is 0.258. The average molecular weight is 514 g/mol. The molecule has 7 nitrogen and oxygen atoms in total. The standard InChI is InChI=1S/C31H31NO6/c1-5-38-24-16-10-21(11-17-24)28(35)26-27(20-8-12-22(13-9-20)31(2,3)4)32(30(37)29(26)36)23-14-6-19(7-15-23)18-25(33)34/h6-17,27,35H,5,18H2,1-4H3,(H,33,34)/b28-26-. The topological polar surface area (TPSA) is 104 Å². The molecule has 4 rings (SSSR count). The Hall–Kier alpha value is -4.39. The fourth-order valence-electron chi connectivity index (χ4n) is 4.56. The van der Waals surface area contributed by atoms with E-state index in [1.807, 2.05) is 31.2 Å². The van der Waals surface area contributed by atoms with E-state index in [-0.39, 0.29) is 23.2 Å².